The van der Waals surface area contributed by atoms with Crippen LogP contribution in [0.25, 0.3) is 0 Å². The minimum absolute atomic E-state index is 0.101. The Kier molecular flexibility index (Phi) is 9.06. The third-order valence-corrected chi connectivity index (χ3v) is 7.12. The van der Waals surface area contributed by atoms with Gasteiger partial charge in [0.15, 0.2) is 0 Å². The van der Waals surface area contributed by atoms with E-state index < -0.39 is 12.1 Å². The summed E-state index contributed by atoms with van der Waals surface area (Å²) in [5.41, 5.74) is 0.955. The molecule has 1 aromatic carbocycles. The number of fused-ring (bicyclic) bond motifs is 2. The molecule has 0 radical (unpaired) electrons. The molecule has 2 unspecified atom stereocenters. The van der Waals surface area contributed by atoms with Crippen LogP contribution in [-0.2, 0) is 14.9 Å². The van der Waals surface area contributed by atoms with Crippen LogP contribution < -0.4 is 0 Å². The van der Waals surface area contributed by atoms with Gasteiger partial charge in [-0.3, -0.25) is 4.79 Å². The van der Waals surface area contributed by atoms with Gasteiger partial charge >= 0.3 is 5.97 Å². The molecule has 1 aliphatic carbocycles. The summed E-state index contributed by atoms with van der Waals surface area (Å²) >= 11 is 0. The number of aliphatic hydroxyl groups is 1. The summed E-state index contributed by atoms with van der Waals surface area (Å²) in [5, 5.41) is 19.2. The van der Waals surface area contributed by atoms with Gasteiger partial charge in [-0.15, -0.1) is 0 Å². The average Bonchev–Trinajstić information content (AvgIpc) is 3.33. The Labute approximate surface area is 191 Å². The second-order valence-electron chi connectivity index (χ2n) is 9.34. The smallest absolute Gasteiger partial charge is 0.303 e. The highest BCUT2D eigenvalue weighted by atomic mass is 19.1. The highest BCUT2D eigenvalue weighted by Gasteiger charge is 2.58. The van der Waals surface area contributed by atoms with Crippen LogP contribution in [0.2, 0.25) is 0 Å². The van der Waals surface area contributed by atoms with Gasteiger partial charge in [0.05, 0.1) is 18.8 Å². The summed E-state index contributed by atoms with van der Waals surface area (Å²) in [6.45, 7) is 2.79. The lowest BCUT2D eigenvalue weighted by Gasteiger charge is -2.38. The fourth-order valence-electron chi connectivity index (χ4n) is 5.39. The SMILES string of the molecule is CCCCC[C@H](O)/C=C/[C@@H]1C2CC(c3ccc(F)cc3)(CO2)[C@H]1C/C=C/CCCC(=O)O. The molecule has 1 aromatic rings. The maximum atomic E-state index is 13.6. The molecule has 2 aliphatic rings. The molecule has 2 fully saturated rings. The summed E-state index contributed by atoms with van der Waals surface area (Å²) in [6, 6.07) is 6.82. The van der Waals surface area contributed by atoms with Crippen LogP contribution in [0.3, 0.4) is 0 Å². The molecule has 5 atom stereocenters. The number of unbranched alkanes of at least 4 members (excludes halogenated alkanes) is 3. The normalized spacial score (nSPS) is 28.2. The number of aliphatic carboxylic acids is 1. The number of hydrogen-bond donors (Lipinski definition) is 2. The van der Waals surface area contributed by atoms with E-state index in [1.165, 1.54) is 12.1 Å². The maximum Gasteiger partial charge on any atom is 0.303 e. The molecule has 1 heterocycles. The van der Waals surface area contributed by atoms with E-state index in [2.05, 4.69) is 25.2 Å². The molecule has 1 saturated carbocycles. The van der Waals surface area contributed by atoms with Crippen molar-refractivity contribution in [3.8, 4) is 0 Å². The van der Waals surface area contributed by atoms with Gasteiger partial charge in [0.1, 0.15) is 5.82 Å². The van der Waals surface area contributed by atoms with Gasteiger partial charge < -0.3 is 14.9 Å². The zero-order valence-corrected chi connectivity index (χ0v) is 19.1. The summed E-state index contributed by atoms with van der Waals surface area (Å²) < 4.78 is 19.7. The van der Waals surface area contributed by atoms with Crippen molar-refractivity contribution >= 4 is 5.97 Å². The molecule has 0 aromatic heterocycles. The first-order valence-corrected chi connectivity index (χ1v) is 12.1. The van der Waals surface area contributed by atoms with Crippen molar-refractivity contribution < 1.29 is 24.1 Å². The Balaban J connectivity index is 1.74. The van der Waals surface area contributed by atoms with E-state index in [0.717, 1.165) is 50.5 Å². The van der Waals surface area contributed by atoms with Crippen LogP contribution in [0.15, 0.2) is 48.6 Å². The van der Waals surface area contributed by atoms with Crippen LogP contribution in [-0.4, -0.2) is 35.0 Å². The first kappa shape index (κ1) is 24.7. The van der Waals surface area contributed by atoms with Crippen LogP contribution in [0.1, 0.15) is 70.3 Å². The number of carboxylic acids is 1. The van der Waals surface area contributed by atoms with Gasteiger partial charge in [0.2, 0.25) is 0 Å². The first-order chi connectivity index (χ1) is 15.5. The number of carboxylic acid groups (broad SMARTS) is 1. The topological polar surface area (TPSA) is 66.8 Å². The van der Waals surface area contributed by atoms with Gasteiger partial charge in [0, 0.05) is 17.8 Å². The fourth-order valence-corrected chi connectivity index (χ4v) is 5.39. The van der Waals surface area contributed by atoms with Crippen molar-refractivity contribution in [2.24, 2.45) is 11.8 Å². The number of benzene rings is 1. The van der Waals surface area contributed by atoms with Crippen LogP contribution in [0, 0.1) is 17.7 Å². The number of halogens is 1. The molecule has 2 N–H and O–H groups in total. The van der Waals surface area contributed by atoms with Crippen molar-refractivity contribution in [1.82, 2.24) is 0 Å². The second-order valence-corrected chi connectivity index (χ2v) is 9.34. The van der Waals surface area contributed by atoms with Crippen molar-refractivity contribution in [2.45, 2.75) is 82.3 Å². The summed E-state index contributed by atoms with van der Waals surface area (Å²) in [7, 11) is 0. The Morgan fingerprint density at radius 3 is 2.75 bits per heavy atom. The van der Waals surface area contributed by atoms with E-state index in [9.17, 15) is 14.3 Å². The number of allylic oxidation sites excluding steroid dienone is 2. The number of ether oxygens (including phenoxy) is 1. The zero-order chi connectivity index (χ0) is 23.0. The van der Waals surface area contributed by atoms with Crippen molar-refractivity contribution in [3.05, 3.63) is 60.0 Å². The lowest BCUT2D eigenvalue weighted by Crippen LogP contribution is -2.39. The molecule has 5 heteroatoms. The second kappa shape index (κ2) is 11.8. The molecule has 3 rings (SSSR count). The summed E-state index contributed by atoms with van der Waals surface area (Å²) in [6.07, 6.45) is 15.4. The van der Waals surface area contributed by atoms with Crippen LogP contribution in [0.4, 0.5) is 4.39 Å². The molecule has 1 saturated heterocycles. The number of hydrogen-bond acceptors (Lipinski definition) is 3. The molecule has 4 nitrogen and oxygen atoms in total. The highest BCUT2D eigenvalue weighted by molar-refractivity contribution is 5.66. The van der Waals surface area contributed by atoms with Crippen molar-refractivity contribution in [3.63, 3.8) is 0 Å². The standard InChI is InChI=1S/C27H37FO4/c1-2-3-6-9-22(29)16-17-23-24(10-7-4-5-8-11-26(30)31)27(18-25(23)32-19-27)20-12-14-21(28)15-13-20/h4,7,12-17,22-25,29H,2-3,5-6,8-11,18-19H2,1H3,(H,30,31)/b7-4+,17-16+/t22-,23-,24-,25?,27?/m0/s1. The van der Waals surface area contributed by atoms with E-state index in [-0.39, 0.29) is 29.7 Å². The van der Waals surface area contributed by atoms with E-state index in [0.29, 0.717) is 18.9 Å². The minimum atomic E-state index is -0.762. The molecule has 32 heavy (non-hydrogen) atoms. The van der Waals surface area contributed by atoms with E-state index in [1.807, 2.05) is 18.2 Å². The number of carbonyl (C=O) groups is 1. The molecule has 0 spiro atoms. The van der Waals surface area contributed by atoms with Crippen LogP contribution in [0.5, 0.6) is 0 Å². The first-order valence-electron chi connectivity index (χ1n) is 12.1. The van der Waals surface area contributed by atoms with Gasteiger partial charge in [-0.2, -0.15) is 0 Å². The molecular formula is C27H37FO4. The molecule has 1 aliphatic heterocycles. The predicted molar refractivity (Wildman–Crippen MR) is 124 cm³/mol. The van der Waals surface area contributed by atoms with Gasteiger partial charge in [-0.25, -0.2) is 4.39 Å². The minimum Gasteiger partial charge on any atom is -0.481 e. The highest BCUT2D eigenvalue weighted by Crippen LogP contribution is 2.57. The quantitative estimate of drug-likeness (QED) is 0.298. The van der Waals surface area contributed by atoms with E-state index in [4.69, 9.17) is 9.84 Å². The summed E-state index contributed by atoms with van der Waals surface area (Å²) in [4.78, 5) is 10.7. The van der Waals surface area contributed by atoms with E-state index >= 15 is 0 Å². The Bertz CT molecular complexity index is 787. The number of aliphatic hydroxyl groups excluding tert-OH is 1. The third kappa shape index (κ3) is 6.08. The maximum absolute atomic E-state index is 13.6. The largest absolute Gasteiger partial charge is 0.481 e. The number of rotatable bonds is 13. The summed E-state index contributed by atoms with van der Waals surface area (Å²) in [5.74, 6) is -0.512. The molecule has 176 valence electrons. The Morgan fingerprint density at radius 1 is 1.25 bits per heavy atom. The van der Waals surface area contributed by atoms with Gasteiger partial charge in [-0.1, -0.05) is 62.6 Å². The van der Waals surface area contributed by atoms with E-state index in [1.54, 1.807) is 0 Å². The van der Waals surface area contributed by atoms with Gasteiger partial charge in [0.25, 0.3) is 0 Å². The average molecular weight is 445 g/mol. The lowest BCUT2D eigenvalue weighted by molar-refractivity contribution is -0.137. The lowest BCUT2D eigenvalue weighted by atomic mass is 9.69. The fraction of sp³-hybridized carbons (Fsp3) is 0.593. The van der Waals surface area contributed by atoms with Gasteiger partial charge in [-0.05, 0) is 55.7 Å². The Morgan fingerprint density at radius 2 is 2.03 bits per heavy atom. The van der Waals surface area contributed by atoms with Crippen molar-refractivity contribution in [1.29, 1.82) is 0 Å². The molecular weight excluding hydrogens is 407 g/mol. The predicted octanol–water partition coefficient (Wildman–Crippen LogP) is 5.80. The molecule has 0 amide bonds. The zero-order valence-electron chi connectivity index (χ0n) is 19.1. The van der Waals surface area contributed by atoms with Crippen molar-refractivity contribution in [2.75, 3.05) is 6.61 Å². The third-order valence-electron chi connectivity index (χ3n) is 7.12. The molecule has 2 bridgehead atoms. The van der Waals surface area contributed by atoms with Crippen LogP contribution >= 0.6 is 0 Å². The monoisotopic (exact) mass is 444 g/mol. The Hall–Kier alpha value is -1.98.